The van der Waals surface area contributed by atoms with E-state index in [1.54, 1.807) is 20.8 Å². The summed E-state index contributed by atoms with van der Waals surface area (Å²) in [6.45, 7) is 5.39. The van der Waals surface area contributed by atoms with Gasteiger partial charge in [0.25, 0.3) is 5.91 Å². The minimum atomic E-state index is -0.600. The molecule has 1 aromatic rings. The van der Waals surface area contributed by atoms with E-state index >= 15 is 0 Å². The van der Waals surface area contributed by atoms with Crippen molar-refractivity contribution in [2.45, 2.75) is 46.1 Å². The first-order valence-electron chi connectivity index (χ1n) is 7.71. The predicted octanol–water partition coefficient (Wildman–Crippen LogP) is 1.15. The molecule has 1 atom stereocenters. The van der Waals surface area contributed by atoms with Gasteiger partial charge in [-0.3, -0.25) is 9.59 Å². The van der Waals surface area contributed by atoms with Gasteiger partial charge in [-0.15, -0.1) is 0 Å². The fraction of sp³-hybridized carbons (Fsp3) is 0.562. The van der Waals surface area contributed by atoms with Gasteiger partial charge in [-0.2, -0.15) is 0 Å². The van der Waals surface area contributed by atoms with Crippen LogP contribution in [0.2, 0.25) is 0 Å². The van der Waals surface area contributed by atoms with Crippen LogP contribution in [0.15, 0.2) is 4.42 Å². The second-order valence-electron chi connectivity index (χ2n) is 5.70. The zero-order valence-electron chi connectivity index (χ0n) is 13.7. The van der Waals surface area contributed by atoms with E-state index in [9.17, 15) is 14.4 Å². The van der Waals surface area contributed by atoms with Gasteiger partial charge in [0.15, 0.2) is 6.61 Å². The number of aryl methyl sites for hydroxylation is 2. The summed E-state index contributed by atoms with van der Waals surface area (Å²) in [7, 11) is 0. The van der Waals surface area contributed by atoms with Crippen LogP contribution in [0.3, 0.4) is 0 Å². The maximum Gasteiger partial charge on any atom is 0.342 e. The molecule has 2 heterocycles. The van der Waals surface area contributed by atoms with Crippen LogP contribution in [0.4, 0.5) is 0 Å². The monoisotopic (exact) mass is 322 g/mol. The molecular formula is C16H22N2O5. The van der Waals surface area contributed by atoms with Crippen LogP contribution in [0.1, 0.15) is 46.7 Å². The van der Waals surface area contributed by atoms with Crippen LogP contribution in [0.25, 0.3) is 0 Å². The molecule has 0 spiro atoms. The number of esters is 1. The topological polar surface area (TPSA) is 97.6 Å². The van der Waals surface area contributed by atoms with E-state index in [-0.39, 0.29) is 5.91 Å². The maximum absolute atomic E-state index is 12.1. The van der Waals surface area contributed by atoms with E-state index in [0.717, 1.165) is 12.8 Å². The molecule has 0 bridgehead atoms. The highest BCUT2D eigenvalue weighted by molar-refractivity contribution is 5.94. The lowest BCUT2D eigenvalue weighted by Crippen LogP contribution is -2.46. The number of carbonyl (C=O) groups is 3. The van der Waals surface area contributed by atoms with Crippen molar-refractivity contribution in [1.29, 1.82) is 0 Å². The molecule has 126 valence electrons. The van der Waals surface area contributed by atoms with E-state index < -0.39 is 24.5 Å². The normalized spacial score (nSPS) is 18.0. The molecule has 7 heteroatoms. The molecule has 1 aliphatic rings. The van der Waals surface area contributed by atoms with Crippen molar-refractivity contribution >= 4 is 17.8 Å². The molecule has 2 rings (SSSR count). The summed E-state index contributed by atoms with van der Waals surface area (Å²) in [6.07, 6.45) is 2.34. The summed E-state index contributed by atoms with van der Waals surface area (Å²) in [5.74, 6) is -0.171. The van der Waals surface area contributed by atoms with Gasteiger partial charge in [0.05, 0.1) is 0 Å². The molecule has 23 heavy (non-hydrogen) atoms. The lowest BCUT2D eigenvalue weighted by Gasteiger charge is -2.15. The van der Waals surface area contributed by atoms with Gasteiger partial charge in [0.2, 0.25) is 5.91 Å². The molecule has 7 nitrogen and oxygen atoms in total. The molecule has 1 unspecified atom stereocenters. The Bertz CT molecular complexity index is 620. The molecular weight excluding hydrogens is 300 g/mol. The minimum absolute atomic E-state index is 0.195. The maximum atomic E-state index is 12.1. The summed E-state index contributed by atoms with van der Waals surface area (Å²) >= 11 is 0. The third kappa shape index (κ3) is 4.12. The Hall–Kier alpha value is -2.31. The molecule has 2 N–H and O–H groups in total. The second-order valence-corrected chi connectivity index (χ2v) is 5.70. The molecule has 0 aliphatic carbocycles. The molecule has 2 amide bonds. The molecule has 1 aromatic heterocycles. The molecule has 0 radical (unpaired) electrons. The Balaban J connectivity index is 1.88. The van der Waals surface area contributed by atoms with Gasteiger partial charge in [-0.1, -0.05) is 0 Å². The van der Waals surface area contributed by atoms with Crippen molar-refractivity contribution < 1.29 is 23.5 Å². The number of amides is 2. The van der Waals surface area contributed by atoms with E-state index in [4.69, 9.17) is 9.15 Å². The van der Waals surface area contributed by atoms with Crippen LogP contribution >= 0.6 is 0 Å². The van der Waals surface area contributed by atoms with Gasteiger partial charge >= 0.3 is 5.97 Å². The third-order valence-electron chi connectivity index (χ3n) is 3.97. The molecule has 1 fully saturated rings. The molecule has 1 saturated heterocycles. The summed E-state index contributed by atoms with van der Waals surface area (Å²) in [5.41, 5.74) is 1.05. The van der Waals surface area contributed by atoms with E-state index in [2.05, 4.69) is 10.6 Å². The van der Waals surface area contributed by atoms with Crippen molar-refractivity contribution in [2.75, 3.05) is 13.2 Å². The number of nitrogens with one attached hydrogen (secondary N) is 2. The largest absolute Gasteiger partial charge is 0.465 e. The van der Waals surface area contributed by atoms with E-state index in [0.29, 0.717) is 35.6 Å². The average Bonchev–Trinajstić information content (AvgIpc) is 2.64. The summed E-state index contributed by atoms with van der Waals surface area (Å²) in [5, 5.41) is 5.33. The number of hydrogen-bond donors (Lipinski definition) is 2. The van der Waals surface area contributed by atoms with Gasteiger partial charge in [0, 0.05) is 12.1 Å². The SMILES string of the molecule is Cc1oc(C)c(C(=O)OCC(=O)NC2CCCCNC2=O)c1C. The Kier molecular flexibility index (Phi) is 5.41. The predicted molar refractivity (Wildman–Crippen MR) is 82.0 cm³/mol. The number of rotatable bonds is 4. The average molecular weight is 322 g/mol. The molecule has 1 aliphatic heterocycles. The van der Waals surface area contributed by atoms with Gasteiger partial charge < -0.3 is 19.8 Å². The highest BCUT2D eigenvalue weighted by Gasteiger charge is 2.24. The first kappa shape index (κ1) is 17.1. The number of furan rings is 1. The second kappa shape index (κ2) is 7.30. The zero-order valence-corrected chi connectivity index (χ0v) is 13.7. The summed E-state index contributed by atoms with van der Waals surface area (Å²) in [6, 6.07) is -0.566. The van der Waals surface area contributed by atoms with Crippen molar-refractivity contribution in [1.82, 2.24) is 10.6 Å². The highest BCUT2D eigenvalue weighted by atomic mass is 16.5. The van der Waals surface area contributed by atoms with Crippen molar-refractivity contribution in [2.24, 2.45) is 0 Å². The van der Waals surface area contributed by atoms with Crippen LogP contribution in [-0.4, -0.2) is 37.0 Å². The van der Waals surface area contributed by atoms with Gasteiger partial charge in [0.1, 0.15) is 23.1 Å². The van der Waals surface area contributed by atoms with Crippen LogP contribution in [0, 0.1) is 20.8 Å². The standard InChI is InChI=1S/C16H22N2O5/c1-9-10(2)23-11(3)14(9)16(21)22-8-13(19)18-12-6-4-5-7-17-15(12)20/h12H,4-8H2,1-3H3,(H,17,20)(H,18,19). The summed E-state index contributed by atoms with van der Waals surface area (Å²) < 4.78 is 10.4. The van der Waals surface area contributed by atoms with Crippen LogP contribution in [-0.2, 0) is 14.3 Å². The third-order valence-corrected chi connectivity index (χ3v) is 3.97. The molecule has 0 aromatic carbocycles. The van der Waals surface area contributed by atoms with Gasteiger partial charge in [-0.25, -0.2) is 4.79 Å². The van der Waals surface area contributed by atoms with E-state index in [1.807, 2.05) is 0 Å². The van der Waals surface area contributed by atoms with E-state index in [1.165, 1.54) is 0 Å². The van der Waals surface area contributed by atoms with Gasteiger partial charge in [-0.05, 0) is 40.0 Å². The van der Waals surface area contributed by atoms with Crippen molar-refractivity contribution in [3.8, 4) is 0 Å². The van der Waals surface area contributed by atoms with Crippen LogP contribution in [0.5, 0.6) is 0 Å². The van der Waals surface area contributed by atoms with Crippen LogP contribution < -0.4 is 10.6 Å². The first-order valence-corrected chi connectivity index (χ1v) is 7.71. The Labute approximate surface area is 134 Å². The summed E-state index contributed by atoms with van der Waals surface area (Å²) in [4.78, 5) is 35.7. The quantitative estimate of drug-likeness (QED) is 0.810. The Morgan fingerprint density at radius 3 is 2.65 bits per heavy atom. The lowest BCUT2D eigenvalue weighted by atomic mass is 10.1. The lowest BCUT2D eigenvalue weighted by molar-refractivity contribution is -0.130. The van der Waals surface area contributed by atoms with Crippen molar-refractivity contribution in [3.05, 3.63) is 22.6 Å². The van der Waals surface area contributed by atoms with Crippen molar-refractivity contribution in [3.63, 3.8) is 0 Å². The number of hydrogen-bond acceptors (Lipinski definition) is 5. The Morgan fingerprint density at radius 2 is 2.00 bits per heavy atom. The highest BCUT2D eigenvalue weighted by Crippen LogP contribution is 2.21. The fourth-order valence-corrected chi connectivity index (χ4v) is 2.61. The number of ether oxygens (including phenoxy) is 1. The Morgan fingerprint density at radius 1 is 1.26 bits per heavy atom. The zero-order chi connectivity index (χ0) is 17.0. The molecule has 0 saturated carbocycles. The fourth-order valence-electron chi connectivity index (χ4n) is 2.61. The number of carbonyl (C=O) groups excluding carboxylic acids is 3. The minimum Gasteiger partial charge on any atom is -0.465 e. The first-order chi connectivity index (χ1) is 10.9. The smallest absolute Gasteiger partial charge is 0.342 e.